The Hall–Kier alpha value is -1.08. The highest BCUT2D eigenvalue weighted by Gasteiger charge is 2.34. The Labute approximate surface area is 110 Å². The number of hydrogen-bond acceptors (Lipinski definition) is 3. The van der Waals surface area contributed by atoms with Crippen molar-refractivity contribution in [2.24, 2.45) is 0 Å². The summed E-state index contributed by atoms with van der Waals surface area (Å²) in [6.07, 6.45) is -4.72. The van der Waals surface area contributed by atoms with Crippen LogP contribution in [-0.2, 0) is 16.0 Å². The molecule has 1 N–H and O–H groups in total. The van der Waals surface area contributed by atoms with Gasteiger partial charge in [0.25, 0.3) is 0 Å². The number of aliphatic hydroxyl groups is 1. The summed E-state index contributed by atoms with van der Waals surface area (Å²) in [5, 5.41) is 9.77. The molecule has 0 fully saturated rings. The van der Waals surface area contributed by atoms with Gasteiger partial charge in [0.05, 0.1) is 11.7 Å². The standard InChI is InChI=1S/C12H15F3O3S/c1-19(17,18)8-4-7-11(16)9-5-2-3-6-10(9)12(13,14)15/h2-3,5-6,11,16H,4,7-8H2,1H3. The molecule has 0 bridgehead atoms. The summed E-state index contributed by atoms with van der Waals surface area (Å²) in [6, 6.07) is 4.75. The first-order valence-corrected chi connectivity index (χ1v) is 7.69. The van der Waals surface area contributed by atoms with Crippen LogP contribution in [0.25, 0.3) is 0 Å². The Morgan fingerprint density at radius 1 is 1.26 bits per heavy atom. The van der Waals surface area contributed by atoms with Crippen molar-refractivity contribution in [1.82, 2.24) is 0 Å². The van der Waals surface area contributed by atoms with Gasteiger partial charge in [0.2, 0.25) is 0 Å². The van der Waals surface area contributed by atoms with Crippen molar-refractivity contribution in [2.45, 2.75) is 25.1 Å². The van der Waals surface area contributed by atoms with E-state index in [0.29, 0.717) is 0 Å². The predicted molar refractivity (Wildman–Crippen MR) is 65.3 cm³/mol. The van der Waals surface area contributed by atoms with E-state index in [-0.39, 0.29) is 24.2 Å². The first kappa shape index (κ1) is 16.0. The Kier molecular flexibility index (Phi) is 4.98. The van der Waals surface area contributed by atoms with Gasteiger partial charge < -0.3 is 5.11 Å². The number of sulfone groups is 1. The Morgan fingerprint density at radius 2 is 1.84 bits per heavy atom. The molecule has 0 radical (unpaired) electrons. The van der Waals surface area contributed by atoms with E-state index in [9.17, 15) is 26.7 Å². The summed E-state index contributed by atoms with van der Waals surface area (Å²) in [6.45, 7) is 0. The van der Waals surface area contributed by atoms with E-state index in [4.69, 9.17) is 0 Å². The average molecular weight is 296 g/mol. The lowest BCUT2D eigenvalue weighted by Gasteiger charge is -2.17. The zero-order valence-electron chi connectivity index (χ0n) is 10.3. The first-order chi connectivity index (χ1) is 8.61. The molecule has 7 heteroatoms. The van der Waals surface area contributed by atoms with Crippen molar-refractivity contribution in [1.29, 1.82) is 0 Å². The van der Waals surface area contributed by atoms with E-state index in [2.05, 4.69) is 0 Å². The summed E-state index contributed by atoms with van der Waals surface area (Å²) >= 11 is 0. The Morgan fingerprint density at radius 3 is 2.37 bits per heavy atom. The van der Waals surface area contributed by atoms with Gasteiger partial charge in [0.15, 0.2) is 0 Å². The van der Waals surface area contributed by atoms with E-state index >= 15 is 0 Å². The monoisotopic (exact) mass is 296 g/mol. The van der Waals surface area contributed by atoms with Crippen LogP contribution in [-0.4, -0.2) is 25.5 Å². The third kappa shape index (κ3) is 5.20. The molecule has 1 aromatic rings. The topological polar surface area (TPSA) is 54.4 Å². The Balaban J connectivity index is 2.80. The molecule has 19 heavy (non-hydrogen) atoms. The highest BCUT2D eigenvalue weighted by Crippen LogP contribution is 2.35. The van der Waals surface area contributed by atoms with Gasteiger partial charge in [-0.1, -0.05) is 18.2 Å². The van der Waals surface area contributed by atoms with E-state index in [1.807, 2.05) is 0 Å². The van der Waals surface area contributed by atoms with E-state index < -0.39 is 27.7 Å². The molecule has 0 amide bonds. The molecule has 0 aliphatic carbocycles. The second-order valence-corrected chi connectivity index (χ2v) is 6.63. The highest BCUT2D eigenvalue weighted by molar-refractivity contribution is 7.90. The molecule has 0 aliphatic heterocycles. The number of hydrogen-bond donors (Lipinski definition) is 1. The minimum atomic E-state index is -4.53. The van der Waals surface area contributed by atoms with Crippen molar-refractivity contribution in [3.8, 4) is 0 Å². The largest absolute Gasteiger partial charge is 0.416 e. The van der Waals surface area contributed by atoms with Gasteiger partial charge in [-0.05, 0) is 24.5 Å². The van der Waals surface area contributed by atoms with Crippen LogP contribution in [0.1, 0.15) is 30.1 Å². The fourth-order valence-electron chi connectivity index (χ4n) is 1.74. The summed E-state index contributed by atoms with van der Waals surface area (Å²) < 4.78 is 60.0. The van der Waals surface area contributed by atoms with Crippen molar-refractivity contribution in [3.63, 3.8) is 0 Å². The number of rotatable bonds is 5. The van der Waals surface area contributed by atoms with Crippen molar-refractivity contribution < 1.29 is 26.7 Å². The molecule has 108 valence electrons. The molecule has 1 aromatic carbocycles. The SMILES string of the molecule is CS(=O)(=O)CCCC(O)c1ccccc1C(F)(F)F. The van der Waals surface area contributed by atoms with Crippen molar-refractivity contribution in [2.75, 3.05) is 12.0 Å². The van der Waals surface area contributed by atoms with Crippen molar-refractivity contribution in [3.05, 3.63) is 35.4 Å². The zero-order valence-corrected chi connectivity index (χ0v) is 11.1. The predicted octanol–water partition coefficient (Wildman–Crippen LogP) is 2.56. The van der Waals surface area contributed by atoms with Crippen LogP contribution >= 0.6 is 0 Å². The quantitative estimate of drug-likeness (QED) is 0.908. The molecule has 0 saturated carbocycles. The lowest BCUT2D eigenvalue weighted by molar-refractivity contribution is -0.139. The van der Waals surface area contributed by atoms with Gasteiger partial charge in [0.1, 0.15) is 9.84 Å². The van der Waals surface area contributed by atoms with Crippen LogP contribution in [0, 0.1) is 0 Å². The van der Waals surface area contributed by atoms with Crippen LogP contribution in [0.4, 0.5) is 13.2 Å². The van der Waals surface area contributed by atoms with Crippen LogP contribution in [0.2, 0.25) is 0 Å². The maximum atomic E-state index is 12.7. The molecule has 0 aromatic heterocycles. The maximum absolute atomic E-state index is 12.7. The van der Waals surface area contributed by atoms with Crippen LogP contribution in [0.15, 0.2) is 24.3 Å². The Bertz CT molecular complexity index is 523. The lowest BCUT2D eigenvalue weighted by atomic mass is 9.99. The minimum Gasteiger partial charge on any atom is -0.388 e. The molecule has 3 nitrogen and oxygen atoms in total. The van der Waals surface area contributed by atoms with E-state index in [1.165, 1.54) is 18.2 Å². The molecule has 1 unspecified atom stereocenters. The number of aliphatic hydroxyl groups excluding tert-OH is 1. The molecule has 0 heterocycles. The second kappa shape index (κ2) is 5.92. The van der Waals surface area contributed by atoms with E-state index in [0.717, 1.165) is 12.3 Å². The number of benzene rings is 1. The van der Waals surface area contributed by atoms with Gasteiger partial charge >= 0.3 is 6.18 Å². The second-order valence-electron chi connectivity index (χ2n) is 4.37. The minimum absolute atomic E-state index is 0.0276. The summed E-state index contributed by atoms with van der Waals surface area (Å²) in [7, 11) is -3.17. The van der Waals surface area contributed by atoms with Crippen LogP contribution in [0.3, 0.4) is 0 Å². The molecular weight excluding hydrogens is 281 g/mol. The molecule has 0 saturated heterocycles. The number of alkyl halides is 3. The maximum Gasteiger partial charge on any atom is 0.416 e. The van der Waals surface area contributed by atoms with Gasteiger partial charge in [-0.25, -0.2) is 8.42 Å². The van der Waals surface area contributed by atoms with Gasteiger partial charge in [-0.15, -0.1) is 0 Å². The molecule has 1 atom stereocenters. The van der Waals surface area contributed by atoms with Gasteiger partial charge in [0, 0.05) is 12.0 Å². The van der Waals surface area contributed by atoms with Gasteiger partial charge in [-0.3, -0.25) is 0 Å². The summed E-state index contributed by atoms with van der Waals surface area (Å²) in [5.74, 6) is -0.155. The third-order valence-electron chi connectivity index (χ3n) is 2.62. The normalized spacial score (nSPS) is 14.4. The average Bonchev–Trinajstić information content (AvgIpc) is 2.26. The van der Waals surface area contributed by atoms with E-state index in [1.54, 1.807) is 0 Å². The van der Waals surface area contributed by atoms with Crippen molar-refractivity contribution >= 4 is 9.84 Å². The highest BCUT2D eigenvalue weighted by atomic mass is 32.2. The molecular formula is C12H15F3O3S. The molecule has 1 rings (SSSR count). The summed E-state index contributed by atoms with van der Waals surface area (Å²) in [4.78, 5) is 0. The first-order valence-electron chi connectivity index (χ1n) is 5.63. The fraction of sp³-hybridized carbons (Fsp3) is 0.500. The smallest absolute Gasteiger partial charge is 0.388 e. The van der Waals surface area contributed by atoms with Crippen LogP contribution in [0.5, 0.6) is 0 Å². The molecule has 0 spiro atoms. The summed E-state index contributed by atoms with van der Waals surface area (Å²) in [5.41, 5.74) is -1.11. The lowest BCUT2D eigenvalue weighted by Crippen LogP contribution is -2.13. The fourth-order valence-corrected chi connectivity index (χ4v) is 2.43. The molecule has 0 aliphatic rings. The number of halogens is 3. The van der Waals surface area contributed by atoms with Gasteiger partial charge in [-0.2, -0.15) is 13.2 Å². The van der Waals surface area contributed by atoms with Crippen LogP contribution < -0.4 is 0 Å². The zero-order chi connectivity index (χ0) is 14.7. The third-order valence-corrected chi connectivity index (χ3v) is 3.65.